The fourth-order valence-electron chi connectivity index (χ4n) is 5.93. The molecule has 0 aliphatic carbocycles. The number of hydrogen-bond acceptors (Lipinski definition) is 8. The molecule has 12 heteroatoms. The van der Waals surface area contributed by atoms with Crippen molar-refractivity contribution >= 4 is 43.3 Å². The molecule has 0 saturated carbocycles. The molecule has 4 aromatic rings. The van der Waals surface area contributed by atoms with E-state index in [4.69, 9.17) is 30.5 Å². The van der Waals surface area contributed by atoms with Crippen molar-refractivity contribution in [1.82, 2.24) is 4.90 Å². The number of carbonyl (C=O) groups is 1. The maximum atomic E-state index is 12.1. The van der Waals surface area contributed by atoms with Crippen LogP contribution in [0.5, 0.6) is 23.0 Å². The predicted octanol–water partition coefficient (Wildman–Crippen LogP) is 7.54. The molecule has 1 fully saturated rings. The highest BCUT2D eigenvalue weighted by Gasteiger charge is 2.29. The monoisotopic (exact) mass is 755 g/mol. The molecule has 1 saturated heterocycles. The molecule has 2 aliphatic heterocycles. The zero-order chi connectivity index (χ0) is 33.8. The Balaban J connectivity index is 1.26. The minimum Gasteiger partial charge on any atom is -0.488 e. The average molecular weight is 757 g/mol. The summed E-state index contributed by atoms with van der Waals surface area (Å²) in [5.41, 5.74) is 4.19. The molecule has 48 heavy (non-hydrogen) atoms. The van der Waals surface area contributed by atoms with E-state index in [9.17, 15) is 18.3 Å². The molecule has 0 unspecified atom stereocenters. The van der Waals surface area contributed by atoms with E-state index in [0.717, 1.165) is 46.0 Å². The minimum absolute atomic E-state index is 0.0862. The predicted molar refractivity (Wildman–Crippen MR) is 186 cm³/mol. The molecule has 4 aromatic carbocycles. The first kappa shape index (κ1) is 34.1. The minimum atomic E-state index is -3.40. The summed E-state index contributed by atoms with van der Waals surface area (Å²) in [6.07, 6.45) is 3.48. The standard InChI is InChI=1S/C36H35BrClNO8S/c1-48(42,43)27-8-4-6-23(16-27)21-46-32-19-33(29(38)17-26(32)20-39-13-3-2-10-30(39)36(40)41)47-22-25-7-5-9-28(35(25)37)24-11-12-31-34(18-24)45-15-14-44-31/h4-9,11-12,16-19,30H,2-3,10,13-15,20-22H2,1H3,(H,40,41)/t30-/m0/s1. The van der Waals surface area contributed by atoms with E-state index in [0.29, 0.717) is 66.1 Å². The van der Waals surface area contributed by atoms with Crippen LogP contribution in [0.2, 0.25) is 5.02 Å². The number of piperidine rings is 1. The lowest BCUT2D eigenvalue weighted by Gasteiger charge is -2.33. The Morgan fingerprint density at radius 2 is 1.71 bits per heavy atom. The van der Waals surface area contributed by atoms with E-state index in [2.05, 4.69) is 15.9 Å². The van der Waals surface area contributed by atoms with Crippen LogP contribution >= 0.6 is 27.5 Å². The van der Waals surface area contributed by atoms with Gasteiger partial charge in [-0.15, -0.1) is 0 Å². The van der Waals surface area contributed by atoms with E-state index >= 15 is 0 Å². The van der Waals surface area contributed by atoms with Gasteiger partial charge < -0.3 is 24.1 Å². The van der Waals surface area contributed by atoms with Gasteiger partial charge in [0.1, 0.15) is 44.0 Å². The van der Waals surface area contributed by atoms with Gasteiger partial charge in [0, 0.05) is 34.5 Å². The van der Waals surface area contributed by atoms with Crippen LogP contribution in [0.15, 0.2) is 82.2 Å². The second kappa shape index (κ2) is 14.8. The summed E-state index contributed by atoms with van der Waals surface area (Å²) in [6, 6.07) is 21.2. The molecular formula is C36H35BrClNO8S. The molecule has 0 amide bonds. The van der Waals surface area contributed by atoms with Crippen molar-refractivity contribution in [3.8, 4) is 34.1 Å². The normalized spacial score (nSPS) is 16.4. The maximum absolute atomic E-state index is 12.1. The van der Waals surface area contributed by atoms with Crippen LogP contribution in [0, 0.1) is 0 Å². The van der Waals surface area contributed by atoms with Crippen molar-refractivity contribution in [2.45, 2.75) is 50.0 Å². The third kappa shape index (κ3) is 7.92. The zero-order valence-electron chi connectivity index (χ0n) is 26.3. The Morgan fingerprint density at radius 1 is 0.938 bits per heavy atom. The molecule has 252 valence electrons. The molecule has 0 bridgehead atoms. The van der Waals surface area contributed by atoms with Crippen LogP contribution in [0.4, 0.5) is 0 Å². The Labute approximate surface area is 293 Å². The van der Waals surface area contributed by atoms with Crippen molar-refractivity contribution in [1.29, 1.82) is 0 Å². The molecule has 2 aliphatic rings. The molecule has 6 rings (SSSR count). The number of sulfone groups is 1. The van der Waals surface area contributed by atoms with Gasteiger partial charge in [0.15, 0.2) is 21.3 Å². The average Bonchev–Trinajstić information content (AvgIpc) is 3.07. The summed E-state index contributed by atoms with van der Waals surface area (Å²) in [4.78, 5) is 14.2. The molecule has 0 spiro atoms. The topological polar surface area (TPSA) is 112 Å². The van der Waals surface area contributed by atoms with Gasteiger partial charge in [0.25, 0.3) is 0 Å². The van der Waals surface area contributed by atoms with Gasteiger partial charge in [0.05, 0.1) is 9.92 Å². The highest BCUT2D eigenvalue weighted by atomic mass is 79.9. The van der Waals surface area contributed by atoms with Gasteiger partial charge in [-0.05, 0) is 82.3 Å². The molecule has 9 nitrogen and oxygen atoms in total. The smallest absolute Gasteiger partial charge is 0.320 e. The lowest BCUT2D eigenvalue weighted by Crippen LogP contribution is -2.44. The summed E-state index contributed by atoms with van der Waals surface area (Å²) < 4.78 is 49.1. The molecular weight excluding hydrogens is 722 g/mol. The van der Waals surface area contributed by atoms with E-state index in [1.807, 2.05) is 41.3 Å². The molecule has 0 radical (unpaired) electrons. The summed E-state index contributed by atoms with van der Waals surface area (Å²) in [5, 5.41) is 10.2. The van der Waals surface area contributed by atoms with Crippen LogP contribution in [-0.4, -0.2) is 56.4 Å². The van der Waals surface area contributed by atoms with Crippen LogP contribution in [-0.2, 0) is 34.4 Å². The number of ether oxygens (including phenoxy) is 4. The Morgan fingerprint density at radius 3 is 2.50 bits per heavy atom. The lowest BCUT2D eigenvalue weighted by molar-refractivity contribution is -0.144. The first-order valence-electron chi connectivity index (χ1n) is 15.6. The van der Waals surface area contributed by atoms with Gasteiger partial charge in [-0.25, -0.2) is 8.42 Å². The van der Waals surface area contributed by atoms with Gasteiger partial charge in [-0.1, -0.05) is 54.4 Å². The highest BCUT2D eigenvalue weighted by Crippen LogP contribution is 2.39. The summed E-state index contributed by atoms with van der Waals surface area (Å²) in [5.74, 6) is 1.43. The fraction of sp³-hybridized carbons (Fsp3) is 0.306. The van der Waals surface area contributed by atoms with E-state index < -0.39 is 21.8 Å². The molecule has 2 heterocycles. The van der Waals surface area contributed by atoms with Crippen LogP contribution in [0.25, 0.3) is 11.1 Å². The molecule has 0 aromatic heterocycles. The SMILES string of the molecule is CS(=O)(=O)c1cccc(COc2cc(OCc3cccc(-c4ccc5c(c4)OCCO5)c3Br)c(Cl)cc2CN2CCCC[C@H]2C(=O)O)c1. The lowest BCUT2D eigenvalue weighted by atomic mass is 10.0. The van der Waals surface area contributed by atoms with E-state index in [-0.39, 0.29) is 18.1 Å². The number of nitrogens with zero attached hydrogens (tertiary/aromatic N) is 1. The van der Waals surface area contributed by atoms with Gasteiger partial charge in [-0.3, -0.25) is 9.69 Å². The number of benzene rings is 4. The highest BCUT2D eigenvalue weighted by molar-refractivity contribution is 9.10. The number of fused-ring (bicyclic) bond motifs is 1. The van der Waals surface area contributed by atoms with Crippen molar-refractivity contribution in [3.05, 3.63) is 99.0 Å². The molecule has 1 N–H and O–H groups in total. The second-order valence-electron chi connectivity index (χ2n) is 11.8. The van der Waals surface area contributed by atoms with Gasteiger partial charge in [-0.2, -0.15) is 0 Å². The number of hydrogen-bond donors (Lipinski definition) is 1. The number of carboxylic acid groups (broad SMARTS) is 1. The van der Waals surface area contributed by atoms with Crippen LogP contribution in [0.1, 0.15) is 36.0 Å². The summed E-state index contributed by atoms with van der Waals surface area (Å²) in [7, 11) is -3.40. The summed E-state index contributed by atoms with van der Waals surface area (Å²) in [6.45, 7) is 2.26. The molecule has 1 atom stereocenters. The van der Waals surface area contributed by atoms with Crippen molar-refractivity contribution < 1.29 is 37.3 Å². The number of halogens is 2. The van der Waals surface area contributed by atoms with Crippen molar-refractivity contribution in [2.24, 2.45) is 0 Å². The number of likely N-dealkylation sites (tertiary alicyclic amines) is 1. The Kier molecular flexibility index (Phi) is 10.5. The third-order valence-electron chi connectivity index (χ3n) is 8.42. The summed E-state index contributed by atoms with van der Waals surface area (Å²) >= 11 is 10.6. The van der Waals surface area contributed by atoms with Gasteiger partial charge in [0.2, 0.25) is 0 Å². The van der Waals surface area contributed by atoms with Crippen LogP contribution in [0.3, 0.4) is 0 Å². The largest absolute Gasteiger partial charge is 0.488 e. The van der Waals surface area contributed by atoms with Crippen LogP contribution < -0.4 is 18.9 Å². The second-order valence-corrected chi connectivity index (χ2v) is 15.1. The Bertz CT molecular complexity index is 1940. The fourth-order valence-corrected chi connectivity index (χ4v) is 7.47. The van der Waals surface area contributed by atoms with Crippen molar-refractivity contribution in [3.63, 3.8) is 0 Å². The van der Waals surface area contributed by atoms with Gasteiger partial charge >= 0.3 is 5.97 Å². The number of rotatable bonds is 11. The first-order chi connectivity index (χ1) is 23.1. The quantitative estimate of drug-likeness (QED) is 0.166. The third-order valence-corrected chi connectivity index (χ3v) is 10.8. The maximum Gasteiger partial charge on any atom is 0.320 e. The number of aliphatic carboxylic acids is 1. The Hall–Kier alpha value is -3.77. The van der Waals surface area contributed by atoms with E-state index in [1.165, 1.54) is 0 Å². The van der Waals surface area contributed by atoms with Crippen molar-refractivity contribution in [2.75, 3.05) is 26.0 Å². The zero-order valence-corrected chi connectivity index (χ0v) is 29.4. The first-order valence-corrected chi connectivity index (χ1v) is 18.6. The number of carboxylic acids is 1. The van der Waals surface area contributed by atoms with E-state index in [1.54, 1.807) is 36.4 Å².